The number of amides is 1. The van der Waals surface area contributed by atoms with Crippen LogP contribution in [0.2, 0.25) is 0 Å². The van der Waals surface area contributed by atoms with Gasteiger partial charge in [0, 0.05) is 19.2 Å². The molecule has 1 aromatic heterocycles. The lowest BCUT2D eigenvalue weighted by atomic mass is 9.86. The molecule has 6 heteroatoms. The molecule has 0 aliphatic rings. The van der Waals surface area contributed by atoms with Crippen molar-refractivity contribution in [2.45, 2.75) is 52.1 Å². The van der Waals surface area contributed by atoms with E-state index in [1.165, 1.54) is 22.6 Å². The Balaban J connectivity index is 1.87. The summed E-state index contributed by atoms with van der Waals surface area (Å²) >= 11 is 0. The molecule has 0 aliphatic heterocycles. The van der Waals surface area contributed by atoms with E-state index in [-0.39, 0.29) is 29.3 Å². The second kappa shape index (κ2) is 7.51. The Morgan fingerprint density at radius 2 is 1.88 bits per heavy atom. The number of rotatable bonds is 6. The zero-order chi connectivity index (χ0) is 18.6. The SMILES string of the molecule is CC(NC(=O)CCn1cc(C(=O)O)cn1)c1ccc(C(C)(C)C)cc1. The normalized spacial score (nSPS) is 12.6. The fourth-order valence-electron chi connectivity index (χ4n) is 2.48. The average Bonchev–Trinajstić information content (AvgIpc) is 3.01. The van der Waals surface area contributed by atoms with Crippen molar-refractivity contribution in [1.29, 1.82) is 0 Å². The van der Waals surface area contributed by atoms with Gasteiger partial charge in [-0.3, -0.25) is 9.48 Å². The number of carbonyl (C=O) groups is 2. The van der Waals surface area contributed by atoms with Gasteiger partial charge in [0.05, 0.1) is 17.8 Å². The van der Waals surface area contributed by atoms with E-state index in [0.717, 1.165) is 5.56 Å². The van der Waals surface area contributed by atoms with Crippen molar-refractivity contribution in [2.75, 3.05) is 0 Å². The molecule has 2 aromatic rings. The van der Waals surface area contributed by atoms with E-state index in [2.05, 4.69) is 43.3 Å². The molecule has 134 valence electrons. The van der Waals surface area contributed by atoms with Crippen LogP contribution in [0, 0.1) is 0 Å². The molecule has 0 fully saturated rings. The predicted molar refractivity (Wildman–Crippen MR) is 95.5 cm³/mol. The van der Waals surface area contributed by atoms with Gasteiger partial charge in [-0.25, -0.2) is 4.79 Å². The highest BCUT2D eigenvalue weighted by Gasteiger charge is 2.15. The second-order valence-corrected chi connectivity index (χ2v) is 7.21. The van der Waals surface area contributed by atoms with Crippen molar-refractivity contribution in [3.8, 4) is 0 Å². The number of carbonyl (C=O) groups excluding carboxylic acids is 1. The first-order valence-electron chi connectivity index (χ1n) is 8.32. The van der Waals surface area contributed by atoms with Gasteiger partial charge in [0.25, 0.3) is 0 Å². The summed E-state index contributed by atoms with van der Waals surface area (Å²) in [5.41, 5.74) is 2.52. The number of aromatic nitrogens is 2. The summed E-state index contributed by atoms with van der Waals surface area (Å²) in [5.74, 6) is -1.12. The van der Waals surface area contributed by atoms with Crippen LogP contribution in [-0.2, 0) is 16.8 Å². The Bertz CT molecular complexity index is 742. The van der Waals surface area contributed by atoms with Gasteiger partial charge < -0.3 is 10.4 Å². The highest BCUT2D eigenvalue weighted by atomic mass is 16.4. The lowest BCUT2D eigenvalue weighted by Gasteiger charge is -2.20. The van der Waals surface area contributed by atoms with Crippen molar-refractivity contribution >= 4 is 11.9 Å². The van der Waals surface area contributed by atoms with Gasteiger partial charge >= 0.3 is 5.97 Å². The molecule has 0 aliphatic carbocycles. The number of carboxylic acid groups (broad SMARTS) is 1. The minimum absolute atomic E-state index is 0.0891. The Morgan fingerprint density at radius 1 is 1.24 bits per heavy atom. The van der Waals surface area contributed by atoms with Crippen LogP contribution in [0.25, 0.3) is 0 Å². The summed E-state index contributed by atoms with van der Waals surface area (Å²) in [7, 11) is 0. The molecular formula is C19H25N3O3. The van der Waals surface area contributed by atoms with Crippen LogP contribution in [0.3, 0.4) is 0 Å². The molecule has 2 N–H and O–H groups in total. The lowest BCUT2D eigenvalue weighted by Crippen LogP contribution is -2.27. The number of benzene rings is 1. The maximum absolute atomic E-state index is 12.1. The number of aryl methyl sites for hydroxylation is 1. The van der Waals surface area contributed by atoms with Crippen molar-refractivity contribution in [3.05, 3.63) is 53.3 Å². The van der Waals surface area contributed by atoms with Gasteiger partial charge in [0.15, 0.2) is 0 Å². The summed E-state index contributed by atoms with van der Waals surface area (Å²) in [6, 6.07) is 8.18. The molecule has 1 unspecified atom stereocenters. The van der Waals surface area contributed by atoms with Crippen molar-refractivity contribution in [3.63, 3.8) is 0 Å². The first-order valence-corrected chi connectivity index (χ1v) is 8.32. The number of nitrogens with zero attached hydrogens (tertiary/aromatic N) is 2. The first-order chi connectivity index (χ1) is 11.7. The van der Waals surface area contributed by atoms with Crippen LogP contribution in [0.5, 0.6) is 0 Å². The molecule has 1 heterocycles. The summed E-state index contributed by atoms with van der Waals surface area (Å²) in [6.07, 6.45) is 2.94. The van der Waals surface area contributed by atoms with E-state index in [0.29, 0.717) is 6.54 Å². The van der Waals surface area contributed by atoms with Crippen LogP contribution < -0.4 is 5.32 Å². The molecule has 25 heavy (non-hydrogen) atoms. The van der Waals surface area contributed by atoms with Crippen molar-refractivity contribution in [1.82, 2.24) is 15.1 Å². The molecule has 0 saturated heterocycles. The molecular weight excluding hydrogens is 318 g/mol. The van der Waals surface area contributed by atoms with Gasteiger partial charge in [-0.2, -0.15) is 5.10 Å². The van der Waals surface area contributed by atoms with Gasteiger partial charge in [-0.05, 0) is 23.5 Å². The topological polar surface area (TPSA) is 84.2 Å². The van der Waals surface area contributed by atoms with Crippen LogP contribution in [0.1, 0.15) is 61.6 Å². The molecule has 1 atom stereocenters. The third-order valence-corrected chi connectivity index (χ3v) is 4.10. The van der Waals surface area contributed by atoms with Gasteiger partial charge in [-0.1, -0.05) is 45.0 Å². The summed E-state index contributed by atoms with van der Waals surface area (Å²) in [5, 5.41) is 15.8. The van der Waals surface area contributed by atoms with E-state index in [4.69, 9.17) is 5.11 Å². The van der Waals surface area contributed by atoms with E-state index in [9.17, 15) is 9.59 Å². The number of hydrogen-bond donors (Lipinski definition) is 2. The predicted octanol–water partition coefficient (Wildman–Crippen LogP) is 3.15. The summed E-state index contributed by atoms with van der Waals surface area (Å²) in [4.78, 5) is 22.9. The maximum Gasteiger partial charge on any atom is 0.338 e. The number of carboxylic acids is 1. The standard InChI is InChI=1S/C19H25N3O3/c1-13(14-5-7-16(8-6-14)19(2,3)4)21-17(23)9-10-22-12-15(11-20-22)18(24)25/h5-8,11-13H,9-10H2,1-4H3,(H,21,23)(H,24,25). The maximum atomic E-state index is 12.1. The third-order valence-electron chi connectivity index (χ3n) is 4.10. The van der Waals surface area contributed by atoms with Crippen LogP contribution >= 0.6 is 0 Å². The first kappa shape index (κ1) is 18.7. The molecule has 0 radical (unpaired) electrons. The molecule has 6 nitrogen and oxygen atoms in total. The van der Waals surface area contributed by atoms with Gasteiger partial charge in [0.1, 0.15) is 0 Å². The Labute approximate surface area is 147 Å². The highest BCUT2D eigenvalue weighted by Crippen LogP contribution is 2.23. The summed E-state index contributed by atoms with van der Waals surface area (Å²) < 4.78 is 1.46. The molecule has 1 aromatic carbocycles. The van der Waals surface area contributed by atoms with Crippen molar-refractivity contribution in [2.24, 2.45) is 0 Å². The minimum Gasteiger partial charge on any atom is -0.478 e. The van der Waals surface area contributed by atoms with Crippen LogP contribution in [-0.4, -0.2) is 26.8 Å². The second-order valence-electron chi connectivity index (χ2n) is 7.21. The van der Waals surface area contributed by atoms with E-state index >= 15 is 0 Å². The molecule has 2 rings (SSSR count). The fourth-order valence-corrected chi connectivity index (χ4v) is 2.48. The Kier molecular flexibility index (Phi) is 5.62. The molecule has 0 bridgehead atoms. The number of aromatic carboxylic acids is 1. The zero-order valence-corrected chi connectivity index (χ0v) is 15.1. The Hall–Kier alpha value is -2.63. The third kappa shape index (κ3) is 5.17. The summed E-state index contributed by atoms with van der Waals surface area (Å²) in [6.45, 7) is 8.78. The zero-order valence-electron chi connectivity index (χ0n) is 15.1. The monoisotopic (exact) mass is 343 g/mol. The minimum atomic E-state index is -1.02. The van der Waals surface area contributed by atoms with Crippen molar-refractivity contribution < 1.29 is 14.7 Å². The molecule has 0 spiro atoms. The van der Waals surface area contributed by atoms with Gasteiger partial charge in [0.2, 0.25) is 5.91 Å². The fraction of sp³-hybridized carbons (Fsp3) is 0.421. The number of hydrogen-bond acceptors (Lipinski definition) is 3. The quantitative estimate of drug-likeness (QED) is 0.844. The van der Waals surface area contributed by atoms with E-state index in [1.54, 1.807) is 0 Å². The van der Waals surface area contributed by atoms with Crippen LogP contribution in [0.15, 0.2) is 36.7 Å². The smallest absolute Gasteiger partial charge is 0.338 e. The molecule has 1 amide bonds. The molecule has 0 saturated carbocycles. The lowest BCUT2D eigenvalue weighted by molar-refractivity contribution is -0.122. The van der Waals surface area contributed by atoms with Gasteiger partial charge in [-0.15, -0.1) is 0 Å². The van der Waals surface area contributed by atoms with Crippen LogP contribution in [0.4, 0.5) is 0 Å². The van der Waals surface area contributed by atoms with E-state index in [1.807, 2.05) is 19.1 Å². The Morgan fingerprint density at radius 3 is 2.40 bits per heavy atom. The average molecular weight is 343 g/mol. The van der Waals surface area contributed by atoms with E-state index < -0.39 is 5.97 Å². The number of nitrogens with one attached hydrogen (secondary N) is 1. The highest BCUT2D eigenvalue weighted by molar-refractivity contribution is 5.86. The largest absolute Gasteiger partial charge is 0.478 e.